The number of benzene rings is 2. The minimum atomic E-state index is -0.658. The fourth-order valence-corrected chi connectivity index (χ4v) is 9.83. The summed E-state index contributed by atoms with van der Waals surface area (Å²) < 4.78 is -0.656. The number of aliphatic hydroxyl groups is 1. The number of hydrogen-bond donors (Lipinski definition) is 3. The first-order valence-electron chi connectivity index (χ1n) is 15.5. The molecular weight excluding hydrogens is 548 g/mol. The first kappa shape index (κ1) is 30.4. The number of nitrogens with one attached hydrogen (secondary N) is 2. The quantitative estimate of drug-likeness (QED) is 0.283. The molecule has 3 N–H and O–H groups in total. The van der Waals surface area contributed by atoms with Crippen molar-refractivity contribution in [1.82, 2.24) is 4.90 Å². The first-order chi connectivity index (χ1) is 20.3. The molecule has 0 saturated carbocycles. The van der Waals surface area contributed by atoms with Crippen molar-refractivity contribution >= 4 is 46.5 Å². The molecule has 3 aliphatic heterocycles. The zero-order valence-corrected chi connectivity index (χ0v) is 25.7. The molecule has 2 bridgehead atoms. The van der Waals surface area contributed by atoms with Gasteiger partial charge in [0.25, 0.3) is 0 Å². The summed E-state index contributed by atoms with van der Waals surface area (Å²) in [4.78, 5) is 46.2. The molecule has 6 atom stereocenters. The van der Waals surface area contributed by atoms with Gasteiger partial charge in [0.15, 0.2) is 0 Å². The Morgan fingerprint density at radius 1 is 0.952 bits per heavy atom. The second kappa shape index (κ2) is 13.1. The summed E-state index contributed by atoms with van der Waals surface area (Å²) in [5.41, 5.74) is 2.52. The van der Waals surface area contributed by atoms with Crippen molar-refractivity contribution in [3.05, 3.63) is 54.6 Å². The number of aliphatic hydroxyl groups excluding tert-OH is 1. The molecule has 3 heterocycles. The van der Waals surface area contributed by atoms with Gasteiger partial charge in [-0.1, -0.05) is 38.0 Å². The number of amides is 3. The molecule has 3 saturated heterocycles. The van der Waals surface area contributed by atoms with Crippen molar-refractivity contribution in [3.63, 3.8) is 0 Å². The number of fused-ring (bicyclic) bond motifs is 1. The van der Waals surface area contributed by atoms with Crippen molar-refractivity contribution in [3.8, 4) is 0 Å². The van der Waals surface area contributed by atoms with Crippen LogP contribution in [0.1, 0.15) is 52.9 Å². The number of anilines is 3. The average Bonchev–Trinajstić information content (AvgIpc) is 3.58. The third-order valence-electron chi connectivity index (χ3n) is 9.41. The lowest BCUT2D eigenvalue weighted by atomic mass is 9.66. The summed E-state index contributed by atoms with van der Waals surface area (Å²) >= 11 is 1.69. The van der Waals surface area contributed by atoms with Crippen LogP contribution >= 0.6 is 11.8 Å². The third-order valence-corrected chi connectivity index (χ3v) is 11.5. The van der Waals surface area contributed by atoms with Gasteiger partial charge < -0.3 is 25.5 Å². The van der Waals surface area contributed by atoms with Crippen LogP contribution in [-0.4, -0.2) is 70.0 Å². The van der Waals surface area contributed by atoms with Crippen LogP contribution in [0, 0.1) is 17.8 Å². The maximum atomic E-state index is 14.3. The van der Waals surface area contributed by atoms with E-state index < -0.39 is 22.6 Å². The Morgan fingerprint density at radius 2 is 1.60 bits per heavy atom. The van der Waals surface area contributed by atoms with Crippen molar-refractivity contribution in [2.45, 2.75) is 68.9 Å². The lowest BCUT2D eigenvalue weighted by Gasteiger charge is -2.38. The van der Waals surface area contributed by atoms with Crippen molar-refractivity contribution in [2.75, 3.05) is 41.8 Å². The van der Waals surface area contributed by atoms with Crippen LogP contribution in [-0.2, 0) is 14.4 Å². The number of rotatable bonds is 13. The zero-order valence-electron chi connectivity index (χ0n) is 24.9. The van der Waals surface area contributed by atoms with Gasteiger partial charge in [0.1, 0.15) is 6.04 Å². The van der Waals surface area contributed by atoms with E-state index >= 15 is 0 Å². The van der Waals surface area contributed by atoms with Gasteiger partial charge in [0.05, 0.1) is 16.6 Å². The van der Waals surface area contributed by atoms with E-state index in [2.05, 4.69) is 36.3 Å². The molecule has 0 aromatic heterocycles. The summed E-state index contributed by atoms with van der Waals surface area (Å²) in [7, 11) is 0. The number of likely N-dealkylation sites (tertiary alicyclic amines) is 1. The molecule has 226 valence electrons. The fourth-order valence-electron chi connectivity index (χ4n) is 7.41. The van der Waals surface area contributed by atoms with E-state index in [1.54, 1.807) is 16.7 Å². The SMILES string of the molecule is CCN(CC)c1ccc(NC(=O)C2N(CCCCCCO)C(=O)[C@@H]3[C@H](C(=O)Nc4ccccc4)[C@@H]4CC(C)C23S4)cc1. The molecule has 3 fully saturated rings. The summed E-state index contributed by atoms with van der Waals surface area (Å²) in [5, 5.41) is 15.4. The number of nitrogens with zero attached hydrogens (tertiary/aromatic N) is 2. The van der Waals surface area contributed by atoms with Crippen molar-refractivity contribution in [1.29, 1.82) is 0 Å². The smallest absolute Gasteiger partial charge is 0.248 e. The predicted octanol–water partition coefficient (Wildman–Crippen LogP) is 5.00. The molecule has 3 amide bonds. The fraction of sp³-hybridized carbons (Fsp3) is 0.545. The standard InChI is InChI=1S/C33H44N4O4S/c1-4-36(5-2)25-17-15-24(16-18-25)35-31(40)29-33-22(3)21-26(42-33)27(30(39)34-23-13-9-8-10-14-23)28(33)32(41)37(29)19-11-6-7-12-20-38/h8-10,13-18,22,26-29,38H,4-7,11-12,19-21H2,1-3H3,(H,34,39)(H,35,40)/t22?,26-,27+,28-,29?,33?/m0/s1. The number of unbranched alkanes of at least 4 members (excludes halogenated alkanes) is 3. The van der Waals surface area contributed by atoms with Crippen molar-refractivity contribution in [2.24, 2.45) is 17.8 Å². The molecule has 42 heavy (non-hydrogen) atoms. The Kier molecular flexibility index (Phi) is 9.47. The zero-order chi connectivity index (χ0) is 29.9. The van der Waals surface area contributed by atoms with E-state index in [1.807, 2.05) is 54.6 Å². The molecule has 5 rings (SSSR count). The van der Waals surface area contributed by atoms with Crippen LogP contribution < -0.4 is 15.5 Å². The molecule has 9 heteroatoms. The minimum absolute atomic E-state index is 0.00646. The molecule has 3 aliphatic rings. The average molecular weight is 593 g/mol. The van der Waals surface area contributed by atoms with Gasteiger partial charge in [-0.15, -0.1) is 11.8 Å². The summed E-state index contributed by atoms with van der Waals surface area (Å²) in [6, 6.07) is 16.6. The highest BCUT2D eigenvalue weighted by Gasteiger charge is 2.75. The lowest BCUT2D eigenvalue weighted by molar-refractivity contribution is -0.138. The van der Waals surface area contributed by atoms with Gasteiger partial charge in [-0.05, 0) is 75.4 Å². The van der Waals surface area contributed by atoms with E-state index in [4.69, 9.17) is 0 Å². The number of carbonyl (C=O) groups is 3. The number of hydrogen-bond acceptors (Lipinski definition) is 6. The minimum Gasteiger partial charge on any atom is -0.396 e. The van der Waals surface area contributed by atoms with Gasteiger partial charge in [-0.3, -0.25) is 14.4 Å². The van der Waals surface area contributed by atoms with E-state index in [-0.39, 0.29) is 35.5 Å². The monoisotopic (exact) mass is 592 g/mol. The largest absolute Gasteiger partial charge is 0.396 e. The van der Waals surface area contributed by atoms with Crippen LogP contribution in [0.15, 0.2) is 54.6 Å². The van der Waals surface area contributed by atoms with Crippen LogP contribution in [0.3, 0.4) is 0 Å². The Bertz CT molecular complexity index is 1250. The van der Waals surface area contributed by atoms with Gasteiger partial charge in [-0.2, -0.15) is 0 Å². The number of para-hydroxylation sites is 1. The first-order valence-corrected chi connectivity index (χ1v) is 16.3. The molecule has 1 spiro atoms. The Labute approximate surface area is 253 Å². The summed E-state index contributed by atoms with van der Waals surface area (Å²) in [5.74, 6) is -1.31. The molecule has 2 aromatic carbocycles. The van der Waals surface area contributed by atoms with Crippen molar-refractivity contribution < 1.29 is 19.5 Å². The highest BCUT2D eigenvalue weighted by atomic mass is 32.2. The maximum absolute atomic E-state index is 14.3. The van der Waals surface area contributed by atoms with E-state index in [0.29, 0.717) is 17.9 Å². The van der Waals surface area contributed by atoms with Gasteiger partial charge in [-0.25, -0.2) is 0 Å². The normalized spacial score (nSPS) is 27.7. The van der Waals surface area contributed by atoms with E-state index in [0.717, 1.165) is 50.9 Å². The molecule has 3 unspecified atom stereocenters. The maximum Gasteiger partial charge on any atom is 0.248 e. The van der Waals surface area contributed by atoms with E-state index in [9.17, 15) is 19.5 Å². The van der Waals surface area contributed by atoms with Crippen LogP contribution in [0.4, 0.5) is 17.1 Å². The molecule has 0 radical (unpaired) electrons. The van der Waals surface area contributed by atoms with Crippen LogP contribution in [0.25, 0.3) is 0 Å². The number of thioether (sulfide) groups is 1. The molecule has 2 aromatic rings. The van der Waals surface area contributed by atoms with E-state index in [1.165, 1.54) is 0 Å². The topological polar surface area (TPSA) is 102 Å². The lowest BCUT2D eigenvalue weighted by Crippen LogP contribution is -2.54. The Balaban J connectivity index is 1.42. The van der Waals surface area contributed by atoms with Crippen LogP contribution in [0.5, 0.6) is 0 Å². The van der Waals surface area contributed by atoms with Gasteiger partial charge in [0, 0.05) is 48.6 Å². The second-order valence-electron chi connectivity index (χ2n) is 11.8. The molecule has 0 aliphatic carbocycles. The van der Waals surface area contributed by atoms with Crippen LogP contribution in [0.2, 0.25) is 0 Å². The summed E-state index contributed by atoms with van der Waals surface area (Å²) in [6.45, 7) is 8.80. The molecule has 8 nitrogen and oxygen atoms in total. The van der Waals surface area contributed by atoms with Gasteiger partial charge >= 0.3 is 0 Å². The highest BCUT2D eigenvalue weighted by Crippen LogP contribution is 2.68. The summed E-state index contributed by atoms with van der Waals surface area (Å²) in [6.07, 6.45) is 4.02. The highest BCUT2D eigenvalue weighted by molar-refractivity contribution is 8.02. The van der Waals surface area contributed by atoms with Gasteiger partial charge in [0.2, 0.25) is 17.7 Å². The third kappa shape index (κ3) is 5.53. The number of carbonyl (C=O) groups excluding carboxylic acids is 3. The molecular formula is C33H44N4O4S. The Morgan fingerprint density at radius 3 is 2.26 bits per heavy atom. The predicted molar refractivity (Wildman–Crippen MR) is 170 cm³/mol. The second-order valence-corrected chi connectivity index (χ2v) is 13.3. The Hall–Kier alpha value is -3.04.